The van der Waals surface area contributed by atoms with Crippen LogP contribution in [0.1, 0.15) is 29.9 Å². The summed E-state index contributed by atoms with van der Waals surface area (Å²) in [4.78, 5) is 36.1. The second kappa shape index (κ2) is 10.8. The highest BCUT2D eigenvalue weighted by molar-refractivity contribution is 6.01. The van der Waals surface area contributed by atoms with Crippen LogP contribution in [-0.4, -0.2) is 71.6 Å². The molecule has 184 valence electrons. The molecule has 4 rings (SSSR count). The number of H-pyrrole nitrogens is 2. The fourth-order valence-corrected chi connectivity index (χ4v) is 4.54. The van der Waals surface area contributed by atoms with Crippen molar-refractivity contribution < 1.29 is 14.7 Å². The van der Waals surface area contributed by atoms with Crippen molar-refractivity contribution in [2.75, 3.05) is 33.8 Å². The summed E-state index contributed by atoms with van der Waals surface area (Å²) in [6.45, 7) is 2.68. The van der Waals surface area contributed by atoms with Crippen LogP contribution < -0.4 is 10.6 Å². The van der Waals surface area contributed by atoms with Gasteiger partial charge in [0.1, 0.15) is 0 Å². The zero-order chi connectivity index (χ0) is 24.9. The molecule has 3 unspecified atom stereocenters. The van der Waals surface area contributed by atoms with E-state index in [0.29, 0.717) is 13.1 Å². The van der Waals surface area contributed by atoms with Crippen LogP contribution in [0.25, 0.3) is 21.8 Å². The first-order valence-electron chi connectivity index (χ1n) is 11.9. The normalized spacial score (nSPS) is 14.2. The molecular weight excluding hydrogens is 442 g/mol. The molecule has 2 heterocycles. The number of nitrogens with one attached hydrogen (secondary N) is 4. The number of carbonyl (C=O) groups is 2. The first kappa shape index (κ1) is 24.5. The molecule has 0 aliphatic carbocycles. The number of aliphatic hydroxyl groups excluding tert-OH is 1. The van der Waals surface area contributed by atoms with Crippen molar-refractivity contribution in [1.82, 2.24) is 25.5 Å². The number of hydrogen-bond donors (Lipinski definition) is 5. The molecule has 8 nitrogen and oxygen atoms in total. The first-order chi connectivity index (χ1) is 16.9. The summed E-state index contributed by atoms with van der Waals surface area (Å²) >= 11 is 0. The Hall–Kier alpha value is -3.62. The molecule has 5 N–H and O–H groups in total. The van der Waals surface area contributed by atoms with Crippen molar-refractivity contribution in [2.45, 2.75) is 24.8 Å². The number of carbonyl (C=O) groups excluding carboxylic acids is 2. The number of rotatable bonds is 10. The van der Waals surface area contributed by atoms with E-state index in [2.05, 4.69) is 20.6 Å². The van der Waals surface area contributed by atoms with Gasteiger partial charge in [0.2, 0.25) is 11.8 Å². The summed E-state index contributed by atoms with van der Waals surface area (Å²) in [6.07, 6.45) is 3.64. The minimum Gasteiger partial charge on any atom is -0.394 e. The van der Waals surface area contributed by atoms with Crippen molar-refractivity contribution in [3.63, 3.8) is 0 Å². The van der Waals surface area contributed by atoms with Crippen molar-refractivity contribution in [3.8, 4) is 0 Å². The molecule has 0 saturated carbocycles. The summed E-state index contributed by atoms with van der Waals surface area (Å²) in [5.41, 5.74) is 3.28. The highest BCUT2D eigenvalue weighted by atomic mass is 16.3. The Labute approximate surface area is 204 Å². The molecule has 2 aromatic heterocycles. The van der Waals surface area contributed by atoms with Crippen LogP contribution in [0.4, 0.5) is 0 Å². The van der Waals surface area contributed by atoms with Crippen LogP contribution in [0.3, 0.4) is 0 Å². The molecule has 0 radical (unpaired) electrons. The molecule has 0 saturated heterocycles. The number of hydrogen-bond acceptors (Lipinski definition) is 4. The Balaban J connectivity index is 1.86. The fraction of sp³-hybridized carbons (Fsp3) is 0.333. The van der Waals surface area contributed by atoms with Crippen molar-refractivity contribution >= 4 is 33.6 Å². The highest BCUT2D eigenvalue weighted by Crippen LogP contribution is 2.40. The summed E-state index contributed by atoms with van der Waals surface area (Å²) in [7, 11) is 3.89. The highest BCUT2D eigenvalue weighted by Gasteiger charge is 2.39. The Kier molecular flexibility index (Phi) is 7.53. The van der Waals surface area contributed by atoms with E-state index in [-0.39, 0.29) is 18.4 Å². The van der Waals surface area contributed by atoms with Crippen LogP contribution in [0, 0.1) is 0 Å². The average Bonchev–Trinajstić information content (AvgIpc) is 3.46. The average molecular weight is 476 g/mol. The van der Waals surface area contributed by atoms with E-state index in [1.807, 2.05) is 79.9 Å². The third-order valence-electron chi connectivity index (χ3n) is 6.33. The van der Waals surface area contributed by atoms with Gasteiger partial charge in [-0.1, -0.05) is 36.4 Å². The van der Waals surface area contributed by atoms with E-state index in [4.69, 9.17) is 0 Å². The summed E-state index contributed by atoms with van der Waals surface area (Å²) < 4.78 is 0. The molecule has 0 fully saturated rings. The Morgan fingerprint density at radius 3 is 1.91 bits per heavy atom. The molecule has 35 heavy (non-hydrogen) atoms. The molecule has 2 amide bonds. The number of amides is 2. The van der Waals surface area contributed by atoms with Gasteiger partial charge in [0.15, 0.2) is 0 Å². The van der Waals surface area contributed by atoms with E-state index in [1.165, 1.54) is 0 Å². The predicted molar refractivity (Wildman–Crippen MR) is 138 cm³/mol. The third kappa shape index (κ3) is 5.23. The lowest BCUT2D eigenvalue weighted by Gasteiger charge is -2.27. The van der Waals surface area contributed by atoms with Crippen LogP contribution in [0.5, 0.6) is 0 Å². The molecule has 0 bridgehead atoms. The van der Waals surface area contributed by atoms with Crippen molar-refractivity contribution in [3.05, 3.63) is 72.1 Å². The van der Waals surface area contributed by atoms with Gasteiger partial charge in [-0.2, -0.15) is 0 Å². The molecular formula is C27H33N5O3. The van der Waals surface area contributed by atoms with Crippen LogP contribution in [0.15, 0.2) is 60.9 Å². The van der Waals surface area contributed by atoms with Gasteiger partial charge < -0.3 is 30.6 Å². The summed E-state index contributed by atoms with van der Waals surface area (Å²) in [5, 5.41) is 17.3. The third-order valence-corrected chi connectivity index (χ3v) is 6.33. The van der Waals surface area contributed by atoms with Gasteiger partial charge in [0, 0.05) is 53.3 Å². The number of nitrogens with zero attached hydrogens (tertiary/aromatic N) is 1. The van der Waals surface area contributed by atoms with Gasteiger partial charge >= 0.3 is 0 Å². The molecule has 0 spiro atoms. The minimum atomic E-state index is -0.821. The number of likely N-dealkylation sites (N-methyl/N-ethyl adjacent to an activating group) is 1. The molecule has 0 aliphatic rings. The smallest absolute Gasteiger partial charge is 0.229 e. The first-order valence-corrected chi connectivity index (χ1v) is 11.9. The van der Waals surface area contributed by atoms with Gasteiger partial charge in [-0.15, -0.1) is 0 Å². The molecule has 2 aromatic carbocycles. The Bertz CT molecular complexity index is 1310. The number of benzene rings is 2. The maximum atomic E-state index is 13.8. The van der Waals surface area contributed by atoms with Gasteiger partial charge in [-0.3, -0.25) is 9.59 Å². The van der Waals surface area contributed by atoms with E-state index in [1.54, 1.807) is 6.92 Å². The lowest BCUT2D eigenvalue weighted by atomic mass is 9.79. The largest absolute Gasteiger partial charge is 0.394 e. The van der Waals surface area contributed by atoms with E-state index in [0.717, 1.165) is 32.9 Å². The maximum Gasteiger partial charge on any atom is 0.229 e. The SMILES string of the molecule is CC(CO)NC(=O)C(c1c[nH]c2ccccc12)C(C(=O)NCCN(C)C)c1c[nH]c2ccccc12. The van der Waals surface area contributed by atoms with Crippen LogP contribution in [-0.2, 0) is 9.59 Å². The van der Waals surface area contributed by atoms with Gasteiger partial charge in [-0.25, -0.2) is 0 Å². The van der Waals surface area contributed by atoms with Crippen LogP contribution in [0.2, 0.25) is 0 Å². The molecule has 3 atom stereocenters. The number of aromatic nitrogens is 2. The van der Waals surface area contributed by atoms with E-state index >= 15 is 0 Å². The topological polar surface area (TPSA) is 113 Å². The monoisotopic (exact) mass is 475 g/mol. The standard InChI is InChI=1S/C27H33N5O3/c1-17(16-33)31-27(35)25(21-15-30-23-11-7-5-9-19(21)23)24(26(34)28-12-13-32(2)3)20-14-29-22-10-6-4-8-18(20)22/h4-11,14-15,17,24-25,29-30,33H,12-13,16H2,1-3H3,(H,28,34)(H,31,35). The predicted octanol–water partition coefficient (Wildman–Crippen LogP) is 2.69. The van der Waals surface area contributed by atoms with Gasteiger partial charge in [-0.05, 0) is 44.3 Å². The lowest BCUT2D eigenvalue weighted by molar-refractivity contribution is -0.129. The Morgan fingerprint density at radius 2 is 1.40 bits per heavy atom. The second-order valence-corrected chi connectivity index (χ2v) is 9.22. The van der Waals surface area contributed by atoms with Crippen LogP contribution >= 0.6 is 0 Å². The second-order valence-electron chi connectivity index (χ2n) is 9.22. The fourth-order valence-electron chi connectivity index (χ4n) is 4.54. The zero-order valence-electron chi connectivity index (χ0n) is 20.3. The van der Waals surface area contributed by atoms with Crippen molar-refractivity contribution in [1.29, 1.82) is 0 Å². The number of fused-ring (bicyclic) bond motifs is 2. The summed E-state index contributed by atoms with van der Waals surface area (Å²) in [5.74, 6) is -2.15. The number of aromatic amines is 2. The minimum absolute atomic E-state index is 0.195. The zero-order valence-corrected chi connectivity index (χ0v) is 20.3. The van der Waals surface area contributed by atoms with Gasteiger partial charge in [0.25, 0.3) is 0 Å². The Morgan fingerprint density at radius 1 is 0.886 bits per heavy atom. The summed E-state index contributed by atoms with van der Waals surface area (Å²) in [6, 6.07) is 15.1. The van der Waals surface area contributed by atoms with E-state index in [9.17, 15) is 14.7 Å². The van der Waals surface area contributed by atoms with E-state index < -0.39 is 17.9 Å². The molecule has 8 heteroatoms. The molecule has 4 aromatic rings. The van der Waals surface area contributed by atoms with Gasteiger partial charge in [0.05, 0.1) is 18.4 Å². The quantitative estimate of drug-likeness (QED) is 0.243. The lowest BCUT2D eigenvalue weighted by Crippen LogP contribution is -2.44. The maximum absolute atomic E-state index is 13.8. The number of aliphatic hydroxyl groups is 1. The van der Waals surface area contributed by atoms with Crippen molar-refractivity contribution in [2.24, 2.45) is 0 Å². The number of para-hydroxylation sites is 2. The molecule has 0 aliphatic heterocycles.